The molecule has 0 fully saturated rings. The van der Waals surface area contributed by atoms with Crippen LogP contribution in [0.3, 0.4) is 0 Å². The SMILES string of the molecule is CCn1nncc1C(=O)c1ccc(Br)o1. The Bertz CT molecular complexity index is 489. The molecule has 5 nitrogen and oxygen atoms in total. The predicted molar refractivity (Wildman–Crippen MR) is 55.5 cm³/mol. The third-order valence-corrected chi connectivity index (χ3v) is 2.37. The van der Waals surface area contributed by atoms with Crippen molar-refractivity contribution >= 4 is 21.7 Å². The molecule has 0 unspecified atom stereocenters. The summed E-state index contributed by atoms with van der Waals surface area (Å²) in [5, 5.41) is 7.47. The summed E-state index contributed by atoms with van der Waals surface area (Å²) in [6.45, 7) is 2.49. The van der Waals surface area contributed by atoms with E-state index in [-0.39, 0.29) is 11.5 Å². The number of aromatic nitrogens is 3. The van der Waals surface area contributed by atoms with Gasteiger partial charge >= 0.3 is 0 Å². The van der Waals surface area contributed by atoms with Gasteiger partial charge in [-0.15, -0.1) is 5.10 Å². The van der Waals surface area contributed by atoms with E-state index in [4.69, 9.17) is 4.42 Å². The lowest BCUT2D eigenvalue weighted by molar-refractivity contribution is 0.0998. The van der Waals surface area contributed by atoms with Crippen molar-refractivity contribution in [2.45, 2.75) is 13.5 Å². The Morgan fingerprint density at radius 3 is 3.00 bits per heavy atom. The van der Waals surface area contributed by atoms with Gasteiger partial charge in [0.2, 0.25) is 5.78 Å². The molecular formula is C9H8BrN3O2. The Kier molecular flexibility index (Phi) is 2.68. The molecule has 0 aliphatic heterocycles. The third kappa shape index (κ3) is 1.85. The fourth-order valence-corrected chi connectivity index (χ4v) is 1.54. The van der Waals surface area contributed by atoms with E-state index in [1.54, 1.807) is 12.1 Å². The molecule has 0 saturated heterocycles. The van der Waals surface area contributed by atoms with Crippen molar-refractivity contribution in [2.75, 3.05) is 0 Å². The van der Waals surface area contributed by atoms with Crippen LogP contribution >= 0.6 is 15.9 Å². The first-order valence-corrected chi connectivity index (χ1v) is 5.20. The quantitative estimate of drug-likeness (QED) is 0.799. The second-order valence-corrected chi connectivity index (χ2v) is 3.65. The van der Waals surface area contributed by atoms with Gasteiger partial charge in [-0.3, -0.25) is 4.79 Å². The number of furan rings is 1. The van der Waals surface area contributed by atoms with Gasteiger partial charge in [0.15, 0.2) is 10.4 Å². The van der Waals surface area contributed by atoms with Crippen LogP contribution in [0, 0.1) is 0 Å². The van der Waals surface area contributed by atoms with E-state index in [0.717, 1.165) is 0 Å². The Hall–Kier alpha value is -1.43. The van der Waals surface area contributed by atoms with Crippen LogP contribution < -0.4 is 0 Å². The van der Waals surface area contributed by atoms with E-state index in [0.29, 0.717) is 16.9 Å². The summed E-state index contributed by atoms with van der Waals surface area (Å²) in [5.74, 6) is 0.0615. The maximum absolute atomic E-state index is 11.9. The molecule has 0 saturated carbocycles. The first-order valence-electron chi connectivity index (χ1n) is 4.41. The molecule has 78 valence electrons. The molecule has 0 aliphatic rings. The zero-order valence-corrected chi connectivity index (χ0v) is 9.56. The molecule has 0 N–H and O–H groups in total. The highest BCUT2D eigenvalue weighted by Crippen LogP contribution is 2.16. The van der Waals surface area contributed by atoms with Gasteiger partial charge in [-0.1, -0.05) is 5.21 Å². The number of hydrogen-bond donors (Lipinski definition) is 0. The number of aryl methyl sites for hydroxylation is 1. The molecule has 15 heavy (non-hydrogen) atoms. The highest BCUT2D eigenvalue weighted by molar-refractivity contribution is 9.10. The van der Waals surface area contributed by atoms with Crippen molar-refractivity contribution in [3.05, 3.63) is 34.5 Å². The van der Waals surface area contributed by atoms with Gasteiger partial charge in [-0.2, -0.15) is 0 Å². The Morgan fingerprint density at radius 2 is 2.40 bits per heavy atom. The predicted octanol–water partition coefficient (Wildman–Crippen LogP) is 1.88. The van der Waals surface area contributed by atoms with E-state index in [9.17, 15) is 4.79 Å². The number of carbonyl (C=O) groups excluding carboxylic acids is 1. The molecule has 0 atom stereocenters. The molecule has 2 rings (SSSR count). The molecule has 2 aromatic heterocycles. The fraction of sp³-hybridized carbons (Fsp3) is 0.222. The summed E-state index contributed by atoms with van der Waals surface area (Å²) in [4.78, 5) is 11.9. The average Bonchev–Trinajstić information content (AvgIpc) is 2.84. The summed E-state index contributed by atoms with van der Waals surface area (Å²) in [6, 6.07) is 3.28. The van der Waals surface area contributed by atoms with Crippen molar-refractivity contribution in [2.24, 2.45) is 0 Å². The maximum Gasteiger partial charge on any atom is 0.247 e. The lowest BCUT2D eigenvalue weighted by atomic mass is 10.2. The summed E-state index contributed by atoms with van der Waals surface area (Å²) in [6.07, 6.45) is 1.43. The standard InChI is InChI=1S/C9H8BrN3O2/c1-2-13-6(5-11-12-13)9(14)7-3-4-8(10)15-7/h3-5H,2H2,1H3. The van der Waals surface area contributed by atoms with Crippen molar-refractivity contribution in [3.63, 3.8) is 0 Å². The van der Waals surface area contributed by atoms with E-state index in [1.807, 2.05) is 6.92 Å². The topological polar surface area (TPSA) is 60.9 Å². The van der Waals surface area contributed by atoms with Crippen LogP contribution in [-0.4, -0.2) is 20.8 Å². The van der Waals surface area contributed by atoms with Gasteiger partial charge in [-0.25, -0.2) is 4.68 Å². The van der Waals surface area contributed by atoms with E-state index in [1.165, 1.54) is 10.9 Å². The minimum Gasteiger partial charge on any atom is -0.446 e. The normalized spacial score (nSPS) is 10.5. The first-order chi connectivity index (χ1) is 7.22. The number of hydrogen-bond acceptors (Lipinski definition) is 4. The van der Waals surface area contributed by atoms with Crippen molar-refractivity contribution in [1.82, 2.24) is 15.0 Å². The summed E-state index contributed by atoms with van der Waals surface area (Å²) in [5.41, 5.74) is 0.430. The zero-order valence-electron chi connectivity index (χ0n) is 7.98. The van der Waals surface area contributed by atoms with E-state index in [2.05, 4.69) is 26.2 Å². The number of carbonyl (C=O) groups is 1. The zero-order chi connectivity index (χ0) is 10.8. The number of rotatable bonds is 3. The van der Waals surface area contributed by atoms with Crippen LogP contribution in [0.4, 0.5) is 0 Å². The highest BCUT2D eigenvalue weighted by Gasteiger charge is 2.17. The molecule has 0 spiro atoms. The Labute approximate surface area is 94.2 Å². The summed E-state index contributed by atoms with van der Waals surface area (Å²) in [7, 11) is 0. The van der Waals surface area contributed by atoms with Crippen LogP contribution in [-0.2, 0) is 6.54 Å². The first kappa shape index (κ1) is 10.1. The van der Waals surface area contributed by atoms with Crippen molar-refractivity contribution in [1.29, 1.82) is 0 Å². The number of halogens is 1. The maximum atomic E-state index is 11.9. The average molecular weight is 270 g/mol. The minimum atomic E-state index is -0.215. The molecule has 2 heterocycles. The van der Waals surface area contributed by atoms with Gasteiger partial charge < -0.3 is 4.42 Å². The molecule has 2 aromatic rings. The number of ketones is 1. The largest absolute Gasteiger partial charge is 0.446 e. The second-order valence-electron chi connectivity index (χ2n) is 2.87. The molecule has 0 radical (unpaired) electrons. The van der Waals surface area contributed by atoms with Gasteiger partial charge in [-0.05, 0) is 35.0 Å². The lowest BCUT2D eigenvalue weighted by Gasteiger charge is -1.98. The molecule has 0 aromatic carbocycles. The van der Waals surface area contributed by atoms with Crippen LogP contribution in [0.25, 0.3) is 0 Å². The number of nitrogens with zero attached hydrogens (tertiary/aromatic N) is 3. The van der Waals surface area contributed by atoms with Crippen molar-refractivity contribution in [3.8, 4) is 0 Å². The second kappa shape index (κ2) is 3.98. The molecular weight excluding hydrogens is 262 g/mol. The van der Waals surface area contributed by atoms with Crippen LogP contribution in [0.15, 0.2) is 27.4 Å². The molecule has 6 heteroatoms. The smallest absolute Gasteiger partial charge is 0.247 e. The van der Waals surface area contributed by atoms with Gasteiger partial charge in [0.05, 0.1) is 6.20 Å². The van der Waals surface area contributed by atoms with Crippen LogP contribution in [0.1, 0.15) is 23.2 Å². The summed E-state index contributed by atoms with van der Waals surface area (Å²) < 4.78 is 7.22. The lowest BCUT2D eigenvalue weighted by Crippen LogP contribution is -2.09. The van der Waals surface area contributed by atoms with Crippen molar-refractivity contribution < 1.29 is 9.21 Å². The monoisotopic (exact) mass is 269 g/mol. The van der Waals surface area contributed by atoms with E-state index >= 15 is 0 Å². The minimum absolute atomic E-state index is 0.215. The van der Waals surface area contributed by atoms with Gasteiger partial charge in [0.1, 0.15) is 5.69 Å². The van der Waals surface area contributed by atoms with Gasteiger partial charge in [0, 0.05) is 6.54 Å². The fourth-order valence-electron chi connectivity index (χ4n) is 1.23. The molecule has 0 bridgehead atoms. The highest BCUT2D eigenvalue weighted by atomic mass is 79.9. The Balaban J connectivity index is 2.36. The molecule has 0 aliphatic carbocycles. The summed E-state index contributed by atoms with van der Waals surface area (Å²) >= 11 is 3.14. The third-order valence-electron chi connectivity index (χ3n) is 1.95. The van der Waals surface area contributed by atoms with E-state index < -0.39 is 0 Å². The van der Waals surface area contributed by atoms with Crippen LogP contribution in [0.2, 0.25) is 0 Å². The van der Waals surface area contributed by atoms with Crippen LogP contribution in [0.5, 0.6) is 0 Å². The Morgan fingerprint density at radius 1 is 1.60 bits per heavy atom. The van der Waals surface area contributed by atoms with Gasteiger partial charge in [0.25, 0.3) is 0 Å². The molecule has 0 amide bonds.